The molecule has 7 heteroatoms. The number of hydrogen-bond acceptors (Lipinski definition) is 4. The van der Waals surface area contributed by atoms with Crippen molar-refractivity contribution in [2.45, 2.75) is 25.8 Å². The number of aliphatic hydroxyl groups is 1. The molecule has 2 unspecified atom stereocenters. The summed E-state index contributed by atoms with van der Waals surface area (Å²) in [6, 6.07) is 0.0725. The van der Waals surface area contributed by atoms with Crippen LogP contribution < -0.4 is 0 Å². The van der Waals surface area contributed by atoms with Gasteiger partial charge in [0.05, 0.1) is 0 Å². The van der Waals surface area contributed by atoms with Gasteiger partial charge in [0.1, 0.15) is 0 Å². The van der Waals surface area contributed by atoms with E-state index in [4.69, 9.17) is 0 Å². The Balaban J connectivity index is 2.09. The zero-order valence-corrected chi connectivity index (χ0v) is 12.4. The summed E-state index contributed by atoms with van der Waals surface area (Å²) in [6.07, 6.45) is 1.77. The quantitative estimate of drug-likeness (QED) is 0.817. The Morgan fingerprint density at radius 2 is 2.17 bits per heavy atom. The zero-order chi connectivity index (χ0) is 13.2. The molecule has 0 aromatic carbocycles. The molecular weight excluding hydrogens is 272 g/mol. The van der Waals surface area contributed by atoms with Gasteiger partial charge < -0.3 is 5.11 Å². The van der Waals surface area contributed by atoms with Gasteiger partial charge in [-0.05, 0) is 25.7 Å². The highest BCUT2D eigenvalue weighted by Gasteiger charge is 2.36. The van der Waals surface area contributed by atoms with Crippen LogP contribution in [0.25, 0.3) is 0 Å². The largest absolute Gasteiger partial charge is 0.396 e. The van der Waals surface area contributed by atoms with Crippen LogP contribution >= 0.6 is 11.8 Å². The first-order valence-electron chi connectivity index (χ1n) is 6.51. The first kappa shape index (κ1) is 14.6. The molecule has 0 amide bonds. The highest BCUT2D eigenvalue weighted by Crippen LogP contribution is 2.25. The van der Waals surface area contributed by atoms with Gasteiger partial charge in [-0.15, -0.1) is 0 Å². The monoisotopic (exact) mass is 294 g/mol. The zero-order valence-electron chi connectivity index (χ0n) is 10.8. The predicted octanol–water partition coefficient (Wildman–Crippen LogP) is 0.373. The maximum Gasteiger partial charge on any atom is 0.282 e. The Morgan fingerprint density at radius 3 is 2.83 bits per heavy atom. The minimum absolute atomic E-state index is 0.0725. The van der Waals surface area contributed by atoms with Gasteiger partial charge in [-0.1, -0.05) is 0 Å². The van der Waals surface area contributed by atoms with E-state index in [1.165, 1.54) is 0 Å². The number of aliphatic hydroxyl groups excluding tert-OH is 1. The molecule has 0 spiro atoms. The molecule has 0 aliphatic carbocycles. The highest BCUT2D eigenvalue weighted by molar-refractivity contribution is 7.99. The lowest BCUT2D eigenvalue weighted by molar-refractivity contribution is 0.159. The topological polar surface area (TPSA) is 60.9 Å². The maximum atomic E-state index is 12.6. The number of hydrogen-bond donors (Lipinski definition) is 1. The molecular formula is C11H22N2O3S2. The molecule has 0 aromatic rings. The van der Waals surface area contributed by atoms with Crippen molar-refractivity contribution < 1.29 is 13.5 Å². The predicted molar refractivity (Wildman–Crippen MR) is 73.8 cm³/mol. The van der Waals surface area contributed by atoms with Crippen LogP contribution in [0.5, 0.6) is 0 Å². The van der Waals surface area contributed by atoms with Crippen LogP contribution in [0.15, 0.2) is 0 Å². The van der Waals surface area contributed by atoms with Crippen molar-refractivity contribution in [2.24, 2.45) is 5.92 Å². The second-order valence-electron chi connectivity index (χ2n) is 5.09. The maximum absolute atomic E-state index is 12.6. The van der Waals surface area contributed by atoms with Gasteiger partial charge in [0.15, 0.2) is 0 Å². The molecule has 2 atom stereocenters. The van der Waals surface area contributed by atoms with Crippen molar-refractivity contribution in [3.8, 4) is 0 Å². The molecule has 0 bridgehead atoms. The van der Waals surface area contributed by atoms with Crippen molar-refractivity contribution >= 4 is 22.0 Å². The highest BCUT2D eigenvalue weighted by atomic mass is 32.2. The summed E-state index contributed by atoms with van der Waals surface area (Å²) in [5.41, 5.74) is 0. The molecule has 1 N–H and O–H groups in total. The van der Waals surface area contributed by atoms with Gasteiger partial charge in [0.25, 0.3) is 10.2 Å². The molecule has 2 rings (SSSR count). The van der Waals surface area contributed by atoms with Gasteiger partial charge in [-0.3, -0.25) is 0 Å². The normalized spacial score (nSPS) is 32.6. The fraction of sp³-hybridized carbons (Fsp3) is 1.00. The fourth-order valence-electron chi connectivity index (χ4n) is 2.59. The lowest BCUT2D eigenvalue weighted by Gasteiger charge is -2.39. The Kier molecular flexibility index (Phi) is 4.93. The molecule has 2 heterocycles. The van der Waals surface area contributed by atoms with E-state index in [1.54, 1.807) is 8.61 Å². The first-order chi connectivity index (χ1) is 8.55. The lowest BCUT2D eigenvalue weighted by atomic mass is 10.0. The Bertz CT molecular complexity index is 374. The summed E-state index contributed by atoms with van der Waals surface area (Å²) in [5.74, 6) is 1.85. The Morgan fingerprint density at radius 1 is 1.39 bits per heavy atom. The van der Waals surface area contributed by atoms with Gasteiger partial charge in [0, 0.05) is 43.8 Å². The minimum atomic E-state index is -3.34. The molecule has 2 aliphatic heterocycles. The summed E-state index contributed by atoms with van der Waals surface area (Å²) in [7, 11) is -3.34. The molecule has 0 aromatic heterocycles. The fourth-order valence-corrected chi connectivity index (χ4v) is 5.72. The number of rotatable bonds is 3. The van der Waals surface area contributed by atoms with E-state index in [9.17, 15) is 13.5 Å². The summed E-state index contributed by atoms with van der Waals surface area (Å²) in [4.78, 5) is 0. The van der Waals surface area contributed by atoms with Gasteiger partial charge in [0.2, 0.25) is 0 Å². The van der Waals surface area contributed by atoms with E-state index < -0.39 is 10.2 Å². The van der Waals surface area contributed by atoms with E-state index in [2.05, 4.69) is 0 Å². The van der Waals surface area contributed by atoms with Crippen molar-refractivity contribution in [2.75, 3.05) is 37.7 Å². The van der Waals surface area contributed by atoms with E-state index in [-0.39, 0.29) is 18.6 Å². The SMILES string of the molecule is CC1CSCCN1S(=O)(=O)N1CCCC(CO)C1. The van der Waals surface area contributed by atoms with Gasteiger partial charge >= 0.3 is 0 Å². The van der Waals surface area contributed by atoms with Crippen LogP contribution in [-0.4, -0.2) is 65.9 Å². The van der Waals surface area contributed by atoms with Crippen LogP contribution in [0, 0.1) is 5.92 Å². The third-order valence-electron chi connectivity index (χ3n) is 3.67. The number of piperidine rings is 1. The summed E-state index contributed by atoms with van der Waals surface area (Å²) >= 11 is 1.81. The lowest BCUT2D eigenvalue weighted by Crippen LogP contribution is -2.53. The van der Waals surface area contributed by atoms with Crippen molar-refractivity contribution in [3.63, 3.8) is 0 Å². The van der Waals surface area contributed by atoms with E-state index >= 15 is 0 Å². The molecule has 0 radical (unpaired) electrons. The second-order valence-corrected chi connectivity index (χ2v) is 8.12. The van der Waals surface area contributed by atoms with Crippen molar-refractivity contribution in [1.29, 1.82) is 0 Å². The third-order valence-corrected chi connectivity index (χ3v) is 6.98. The van der Waals surface area contributed by atoms with Gasteiger partial charge in [-0.25, -0.2) is 0 Å². The minimum Gasteiger partial charge on any atom is -0.396 e. The molecule has 2 fully saturated rings. The summed E-state index contributed by atoms with van der Waals surface area (Å²) < 4.78 is 28.3. The van der Waals surface area contributed by atoms with Crippen LogP contribution in [0.4, 0.5) is 0 Å². The van der Waals surface area contributed by atoms with Crippen LogP contribution in [-0.2, 0) is 10.2 Å². The van der Waals surface area contributed by atoms with E-state index in [0.717, 1.165) is 24.3 Å². The summed E-state index contributed by atoms with van der Waals surface area (Å²) in [6.45, 7) is 3.72. The second kappa shape index (κ2) is 6.09. The van der Waals surface area contributed by atoms with Crippen LogP contribution in [0.1, 0.15) is 19.8 Å². The Labute approximate surface area is 114 Å². The molecule has 18 heavy (non-hydrogen) atoms. The molecule has 0 saturated carbocycles. The average Bonchev–Trinajstić information content (AvgIpc) is 2.39. The third kappa shape index (κ3) is 3.01. The molecule has 106 valence electrons. The summed E-state index contributed by atoms with van der Waals surface area (Å²) in [5, 5.41) is 9.20. The number of thioether (sulfide) groups is 1. The van der Waals surface area contributed by atoms with E-state index in [0.29, 0.717) is 19.6 Å². The first-order valence-corrected chi connectivity index (χ1v) is 9.06. The molecule has 2 saturated heterocycles. The van der Waals surface area contributed by atoms with E-state index in [1.807, 2.05) is 18.7 Å². The molecule has 5 nitrogen and oxygen atoms in total. The average molecular weight is 294 g/mol. The number of nitrogens with zero attached hydrogens (tertiary/aromatic N) is 2. The standard InChI is InChI=1S/C11H22N2O3S2/c1-10-9-17-6-5-13(10)18(15,16)12-4-2-3-11(7-12)8-14/h10-11,14H,2-9H2,1H3. The smallest absolute Gasteiger partial charge is 0.282 e. The molecule has 2 aliphatic rings. The van der Waals surface area contributed by atoms with Crippen molar-refractivity contribution in [3.05, 3.63) is 0 Å². The van der Waals surface area contributed by atoms with Crippen molar-refractivity contribution in [1.82, 2.24) is 8.61 Å². The van der Waals surface area contributed by atoms with Crippen LogP contribution in [0.2, 0.25) is 0 Å². The Hall–Kier alpha value is 0.180. The van der Waals surface area contributed by atoms with Crippen LogP contribution in [0.3, 0.4) is 0 Å². The van der Waals surface area contributed by atoms with Gasteiger partial charge in [-0.2, -0.15) is 28.8 Å².